The number of hydrogen-bond donors (Lipinski definition) is 0. The average molecular weight is 1030 g/mol. The van der Waals surface area contributed by atoms with E-state index in [1.54, 1.807) is 0 Å². The van der Waals surface area contributed by atoms with Gasteiger partial charge in [0.25, 0.3) is 0 Å². The van der Waals surface area contributed by atoms with Crippen LogP contribution >= 0.6 is 0 Å². The predicted molar refractivity (Wildman–Crippen MR) is 323 cm³/mol. The van der Waals surface area contributed by atoms with Crippen LogP contribution in [0.5, 0.6) is 0 Å². The lowest BCUT2D eigenvalue weighted by molar-refractivity contribution is 0.754. The molecular formula is C75H48N6. The van der Waals surface area contributed by atoms with Gasteiger partial charge in [0.05, 0.1) is 5.41 Å². The fourth-order valence-corrected chi connectivity index (χ4v) is 13.4. The second-order valence-corrected chi connectivity index (χ2v) is 21.2. The van der Waals surface area contributed by atoms with Crippen LogP contribution in [0.25, 0.3) is 90.6 Å². The van der Waals surface area contributed by atoms with Crippen molar-refractivity contribution >= 4 is 0 Å². The van der Waals surface area contributed by atoms with E-state index >= 15 is 0 Å². The van der Waals surface area contributed by atoms with Gasteiger partial charge in [-0.2, -0.15) is 0 Å². The van der Waals surface area contributed by atoms with Crippen LogP contribution in [-0.2, 0) is 5.41 Å². The summed E-state index contributed by atoms with van der Waals surface area (Å²) in [5.41, 5.74) is 22.4. The zero-order valence-corrected chi connectivity index (χ0v) is 43.9. The monoisotopic (exact) mass is 1030 g/mol. The summed E-state index contributed by atoms with van der Waals surface area (Å²) < 4.78 is 0. The van der Waals surface area contributed by atoms with Crippen molar-refractivity contribution in [2.45, 2.75) is 17.3 Å². The first-order valence-corrected chi connectivity index (χ1v) is 27.7. The molecule has 378 valence electrons. The molecule has 0 radical (unpaired) electrons. The molecule has 2 heterocycles. The van der Waals surface area contributed by atoms with Crippen molar-refractivity contribution in [2.24, 2.45) is 0 Å². The molecular weight excluding hydrogens is 985 g/mol. The van der Waals surface area contributed by atoms with Crippen LogP contribution in [0.3, 0.4) is 0 Å². The molecule has 0 saturated carbocycles. The van der Waals surface area contributed by atoms with Gasteiger partial charge in [-0.3, -0.25) is 0 Å². The molecule has 17 rings (SSSR count). The summed E-state index contributed by atoms with van der Waals surface area (Å²) in [4.78, 5) is 31.5. The summed E-state index contributed by atoms with van der Waals surface area (Å²) in [5, 5.41) is 0. The smallest absolute Gasteiger partial charge is 0.164 e. The number of benzene rings is 11. The van der Waals surface area contributed by atoms with Crippen LogP contribution in [0.15, 0.2) is 279 Å². The SMILES string of the molecule is c1ccc(-c2nc(-c3ccccc3)nc(-c3ccc4c(c3)C3c5ccccc5C4c4cc(-c5nc(-c6ccccc6)nc(-c6ccccc6-c6cccc7c6-c6ccccc6C7(c6ccccc6)c6ccccc6)n5)ccc43)n2)cc1. The van der Waals surface area contributed by atoms with Crippen molar-refractivity contribution in [3.63, 3.8) is 0 Å². The molecule has 0 amide bonds. The molecule has 11 aromatic carbocycles. The summed E-state index contributed by atoms with van der Waals surface area (Å²) in [5.74, 6) is 3.77. The molecule has 2 bridgehead atoms. The number of rotatable bonds is 9. The molecule has 4 aliphatic carbocycles. The van der Waals surface area contributed by atoms with Crippen molar-refractivity contribution in [1.29, 1.82) is 0 Å². The van der Waals surface area contributed by atoms with Gasteiger partial charge in [-0.15, -0.1) is 0 Å². The van der Waals surface area contributed by atoms with Crippen LogP contribution in [0.2, 0.25) is 0 Å². The summed E-state index contributed by atoms with van der Waals surface area (Å²) in [6.45, 7) is 0. The van der Waals surface area contributed by atoms with E-state index in [4.69, 9.17) is 29.9 Å². The Bertz CT molecular complexity index is 4490. The van der Waals surface area contributed by atoms with Gasteiger partial charge in [0.1, 0.15) is 0 Å². The van der Waals surface area contributed by atoms with E-state index in [1.807, 2.05) is 54.6 Å². The van der Waals surface area contributed by atoms with E-state index in [0.717, 1.165) is 44.5 Å². The highest BCUT2D eigenvalue weighted by Gasteiger charge is 2.47. The van der Waals surface area contributed by atoms with E-state index in [9.17, 15) is 0 Å². The van der Waals surface area contributed by atoms with Crippen molar-refractivity contribution in [2.75, 3.05) is 0 Å². The van der Waals surface area contributed by atoms with Crippen molar-refractivity contribution in [3.8, 4) is 90.6 Å². The molecule has 0 fully saturated rings. The molecule has 4 aliphatic rings. The molecule has 81 heavy (non-hydrogen) atoms. The number of nitrogens with zero attached hydrogens (tertiary/aromatic N) is 6. The summed E-state index contributed by atoms with van der Waals surface area (Å²) in [6.07, 6.45) is 0. The molecule has 2 unspecified atom stereocenters. The molecule has 0 N–H and O–H groups in total. The second-order valence-electron chi connectivity index (χ2n) is 21.2. The molecule has 6 heteroatoms. The van der Waals surface area contributed by atoms with Crippen LogP contribution in [0, 0.1) is 0 Å². The van der Waals surface area contributed by atoms with Crippen molar-refractivity contribution < 1.29 is 0 Å². The number of fused-ring (bicyclic) bond motifs is 3. The largest absolute Gasteiger partial charge is 0.208 e. The number of hydrogen-bond acceptors (Lipinski definition) is 6. The van der Waals surface area contributed by atoms with E-state index < -0.39 is 5.41 Å². The van der Waals surface area contributed by atoms with Crippen LogP contribution in [0.4, 0.5) is 0 Å². The Labute approximate surface area is 470 Å². The van der Waals surface area contributed by atoms with Gasteiger partial charge in [-0.1, -0.05) is 267 Å². The van der Waals surface area contributed by atoms with E-state index in [-0.39, 0.29) is 11.8 Å². The van der Waals surface area contributed by atoms with Crippen LogP contribution in [0.1, 0.15) is 67.5 Å². The van der Waals surface area contributed by atoms with Gasteiger partial charge in [0.15, 0.2) is 34.9 Å². The first kappa shape index (κ1) is 46.5. The van der Waals surface area contributed by atoms with Crippen molar-refractivity contribution in [3.05, 3.63) is 335 Å². The fraction of sp³-hybridized carbons (Fsp3) is 0.0400. The normalized spacial score (nSPS) is 14.8. The third-order valence-electron chi connectivity index (χ3n) is 16.9. The zero-order chi connectivity index (χ0) is 53.4. The van der Waals surface area contributed by atoms with Gasteiger partial charge in [0.2, 0.25) is 0 Å². The van der Waals surface area contributed by atoms with Gasteiger partial charge in [0, 0.05) is 45.2 Å². The third-order valence-corrected chi connectivity index (χ3v) is 16.9. The van der Waals surface area contributed by atoms with Gasteiger partial charge < -0.3 is 0 Å². The standard InChI is InChI=1S/C75H48N6/c1-6-23-47(24-7-1)69-76-70(48-25-8-2-9-26-48)78-72(77-69)50-41-43-58-62(45-50)66-56-34-17-18-35-57(56)67(58)63-46-51(42-44-59(63)66)73-79-71(49-27-10-3-11-28-49)80-74(81-73)60-36-19-16-33-54(60)55-38-22-40-65-68(55)61-37-20-21-39-64(61)75(65,52-29-12-4-13-30-52)53-31-14-5-15-32-53/h1-46,66-67H. The second kappa shape index (κ2) is 18.8. The van der Waals surface area contributed by atoms with Crippen LogP contribution in [-0.4, -0.2) is 29.9 Å². The minimum atomic E-state index is -0.539. The lowest BCUT2D eigenvalue weighted by Crippen LogP contribution is -2.28. The quantitative estimate of drug-likeness (QED) is 0.143. The zero-order valence-electron chi connectivity index (χ0n) is 43.9. The Kier molecular flexibility index (Phi) is 10.8. The minimum absolute atomic E-state index is 0.00449. The third kappa shape index (κ3) is 7.41. The molecule has 0 spiro atoms. The van der Waals surface area contributed by atoms with Gasteiger partial charge in [-0.25, -0.2) is 29.9 Å². The lowest BCUT2D eigenvalue weighted by Gasteiger charge is -2.42. The lowest BCUT2D eigenvalue weighted by atomic mass is 9.61. The maximum absolute atomic E-state index is 5.51. The maximum Gasteiger partial charge on any atom is 0.164 e. The molecule has 2 aromatic heterocycles. The molecule has 6 nitrogen and oxygen atoms in total. The van der Waals surface area contributed by atoms with Crippen molar-refractivity contribution in [1.82, 2.24) is 29.9 Å². The maximum atomic E-state index is 5.51. The number of aromatic nitrogens is 6. The average Bonchev–Trinajstić information content (AvgIpc) is 3.38. The highest BCUT2D eigenvalue weighted by Crippen LogP contribution is 2.60. The Morgan fingerprint density at radius 3 is 1.05 bits per heavy atom. The van der Waals surface area contributed by atoms with E-state index in [0.29, 0.717) is 34.9 Å². The topological polar surface area (TPSA) is 77.3 Å². The Hall–Kier alpha value is -10.6. The Morgan fingerprint density at radius 1 is 0.222 bits per heavy atom. The van der Waals surface area contributed by atoms with E-state index in [2.05, 4.69) is 224 Å². The van der Waals surface area contributed by atoms with E-state index in [1.165, 1.54) is 66.8 Å². The molecule has 2 atom stereocenters. The summed E-state index contributed by atoms with van der Waals surface area (Å²) >= 11 is 0. The summed E-state index contributed by atoms with van der Waals surface area (Å²) in [6, 6.07) is 99.6. The predicted octanol–water partition coefficient (Wildman–Crippen LogP) is 17.1. The Balaban J connectivity index is 0.838. The van der Waals surface area contributed by atoms with Crippen LogP contribution < -0.4 is 0 Å². The summed E-state index contributed by atoms with van der Waals surface area (Å²) in [7, 11) is 0. The Morgan fingerprint density at radius 2 is 0.568 bits per heavy atom. The fourth-order valence-electron chi connectivity index (χ4n) is 13.4. The highest BCUT2D eigenvalue weighted by atomic mass is 15.0. The first-order valence-electron chi connectivity index (χ1n) is 27.7. The molecule has 0 saturated heterocycles. The minimum Gasteiger partial charge on any atom is -0.208 e. The highest BCUT2D eigenvalue weighted by molar-refractivity contribution is 5.98. The first-order chi connectivity index (χ1) is 40.2. The molecule has 13 aromatic rings. The molecule has 0 aliphatic heterocycles. The van der Waals surface area contributed by atoms with Gasteiger partial charge >= 0.3 is 0 Å². The van der Waals surface area contributed by atoms with Gasteiger partial charge in [-0.05, 0) is 90.0 Å².